The van der Waals surface area contributed by atoms with Crippen molar-refractivity contribution in [2.75, 3.05) is 18.4 Å². The van der Waals surface area contributed by atoms with Crippen molar-refractivity contribution < 1.29 is 9.59 Å². The second-order valence-electron chi connectivity index (χ2n) is 6.80. The normalized spacial score (nSPS) is 18.9. The Morgan fingerprint density at radius 2 is 1.64 bits per heavy atom. The van der Waals surface area contributed by atoms with Gasteiger partial charge in [-0.1, -0.05) is 18.9 Å². The van der Waals surface area contributed by atoms with E-state index in [1.165, 1.54) is 0 Å². The van der Waals surface area contributed by atoms with E-state index in [0.29, 0.717) is 24.5 Å². The van der Waals surface area contributed by atoms with Crippen LogP contribution in [0.25, 0.3) is 0 Å². The van der Waals surface area contributed by atoms with Crippen LogP contribution in [0.2, 0.25) is 0 Å². The third-order valence-electron chi connectivity index (χ3n) is 4.76. The van der Waals surface area contributed by atoms with E-state index in [2.05, 4.69) is 25.9 Å². The summed E-state index contributed by atoms with van der Waals surface area (Å²) in [5.74, 6) is -0.474. The SMILES string of the molecule is NCCNc1ccnc(C(=O)N[C@H]2CCCC[C@@H]2NC(=O)c2ccccn2)c1. The van der Waals surface area contributed by atoms with Crippen LogP contribution in [0.4, 0.5) is 5.69 Å². The zero-order chi connectivity index (χ0) is 19.8. The molecule has 0 spiro atoms. The minimum absolute atomic E-state index is 0.134. The van der Waals surface area contributed by atoms with Gasteiger partial charge in [0.1, 0.15) is 11.4 Å². The van der Waals surface area contributed by atoms with Crippen LogP contribution in [0.5, 0.6) is 0 Å². The van der Waals surface area contributed by atoms with Gasteiger partial charge in [0, 0.05) is 43.3 Å². The first kappa shape index (κ1) is 19.8. The predicted molar refractivity (Wildman–Crippen MR) is 107 cm³/mol. The predicted octanol–water partition coefficient (Wildman–Crippen LogP) is 1.32. The number of hydrogen-bond donors (Lipinski definition) is 4. The Morgan fingerprint density at radius 1 is 0.964 bits per heavy atom. The van der Waals surface area contributed by atoms with Crippen molar-refractivity contribution in [1.82, 2.24) is 20.6 Å². The summed E-state index contributed by atoms with van der Waals surface area (Å²) in [4.78, 5) is 33.4. The van der Waals surface area contributed by atoms with Crippen LogP contribution in [0.1, 0.15) is 46.7 Å². The van der Waals surface area contributed by atoms with Gasteiger partial charge < -0.3 is 21.7 Å². The summed E-state index contributed by atoms with van der Waals surface area (Å²) < 4.78 is 0. The maximum absolute atomic E-state index is 12.7. The van der Waals surface area contributed by atoms with E-state index in [0.717, 1.165) is 31.4 Å². The van der Waals surface area contributed by atoms with Gasteiger partial charge in [-0.15, -0.1) is 0 Å². The second kappa shape index (κ2) is 9.80. The van der Waals surface area contributed by atoms with Crippen LogP contribution in [0.3, 0.4) is 0 Å². The highest BCUT2D eigenvalue weighted by atomic mass is 16.2. The van der Waals surface area contributed by atoms with Crippen molar-refractivity contribution in [2.24, 2.45) is 5.73 Å². The smallest absolute Gasteiger partial charge is 0.270 e. The van der Waals surface area contributed by atoms with Crippen LogP contribution in [-0.2, 0) is 0 Å². The van der Waals surface area contributed by atoms with Gasteiger partial charge in [0.05, 0.1) is 0 Å². The van der Waals surface area contributed by atoms with Crippen molar-refractivity contribution in [3.63, 3.8) is 0 Å². The fourth-order valence-corrected chi connectivity index (χ4v) is 3.34. The van der Waals surface area contributed by atoms with Crippen LogP contribution >= 0.6 is 0 Å². The molecule has 0 aliphatic heterocycles. The molecule has 0 aromatic carbocycles. The highest BCUT2D eigenvalue weighted by Crippen LogP contribution is 2.20. The molecule has 1 fully saturated rings. The lowest BCUT2D eigenvalue weighted by molar-refractivity contribution is 0.0857. The van der Waals surface area contributed by atoms with E-state index in [1.807, 2.05) is 0 Å². The molecule has 8 nitrogen and oxygen atoms in total. The number of nitrogens with two attached hydrogens (primary N) is 1. The van der Waals surface area contributed by atoms with Gasteiger partial charge >= 0.3 is 0 Å². The van der Waals surface area contributed by atoms with Gasteiger partial charge in [0.25, 0.3) is 11.8 Å². The molecular weight excluding hydrogens is 356 g/mol. The number of rotatable bonds is 7. The third kappa shape index (κ3) is 5.26. The maximum Gasteiger partial charge on any atom is 0.270 e. The molecule has 1 aliphatic carbocycles. The summed E-state index contributed by atoms with van der Waals surface area (Å²) in [6, 6.07) is 8.44. The molecule has 3 rings (SSSR count). The maximum atomic E-state index is 12.7. The van der Waals surface area contributed by atoms with Gasteiger partial charge in [-0.2, -0.15) is 0 Å². The first-order chi connectivity index (χ1) is 13.7. The van der Waals surface area contributed by atoms with Gasteiger partial charge in [0.15, 0.2) is 0 Å². The van der Waals surface area contributed by atoms with Crippen molar-refractivity contribution >= 4 is 17.5 Å². The number of anilines is 1. The Bertz CT molecular complexity index is 798. The topological polar surface area (TPSA) is 122 Å². The van der Waals surface area contributed by atoms with E-state index in [1.54, 1.807) is 42.7 Å². The summed E-state index contributed by atoms with van der Waals surface area (Å²) in [6.07, 6.45) is 6.82. The molecular formula is C20H26N6O2. The average molecular weight is 382 g/mol. The van der Waals surface area contributed by atoms with Crippen LogP contribution in [-0.4, -0.2) is 47.0 Å². The number of amides is 2. The molecule has 8 heteroatoms. The van der Waals surface area contributed by atoms with Crippen LogP contribution in [0.15, 0.2) is 42.7 Å². The molecule has 2 aromatic rings. The third-order valence-corrected chi connectivity index (χ3v) is 4.76. The molecule has 28 heavy (non-hydrogen) atoms. The van der Waals surface area contributed by atoms with E-state index in [-0.39, 0.29) is 23.9 Å². The van der Waals surface area contributed by atoms with E-state index in [4.69, 9.17) is 5.73 Å². The molecule has 5 N–H and O–H groups in total. The number of carbonyl (C=O) groups is 2. The van der Waals surface area contributed by atoms with Crippen LogP contribution < -0.4 is 21.7 Å². The van der Waals surface area contributed by atoms with Gasteiger partial charge in [-0.05, 0) is 37.1 Å². The molecule has 1 aliphatic rings. The Balaban J connectivity index is 1.64. The summed E-state index contributed by atoms with van der Waals surface area (Å²) in [5.41, 5.74) is 7.01. The van der Waals surface area contributed by atoms with Gasteiger partial charge in [-0.25, -0.2) is 0 Å². The Kier molecular flexibility index (Phi) is 6.91. The van der Waals surface area contributed by atoms with Crippen LogP contribution in [0, 0.1) is 0 Å². The first-order valence-corrected chi connectivity index (χ1v) is 9.60. The first-order valence-electron chi connectivity index (χ1n) is 9.60. The lowest BCUT2D eigenvalue weighted by Gasteiger charge is -2.32. The average Bonchev–Trinajstić information content (AvgIpc) is 2.74. The summed E-state index contributed by atoms with van der Waals surface area (Å²) >= 11 is 0. The minimum atomic E-state index is -0.250. The quantitative estimate of drug-likeness (QED) is 0.573. The molecule has 2 amide bonds. The van der Waals surface area contributed by atoms with Crippen molar-refractivity contribution in [3.8, 4) is 0 Å². The number of aromatic nitrogens is 2. The fourth-order valence-electron chi connectivity index (χ4n) is 3.34. The monoisotopic (exact) mass is 382 g/mol. The molecule has 0 unspecified atom stereocenters. The van der Waals surface area contributed by atoms with E-state index >= 15 is 0 Å². The van der Waals surface area contributed by atoms with E-state index in [9.17, 15) is 9.59 Å². The highest BCUT2D eigenvalue weighted by molar-refractivity contribution is 5.94. The van der Waals surface area contributed by atoms with Crippen molar-refractivity contribution in [1.29, 1.82) is 0 Å². The zero-order valence-electron chi connectivity index (χ0n) is 15.7. The molecule has 148 valence electrons. The number of nitrogens with one attached hydrogen (secondary N) is 3. The number of carbonyl (C=O) groups excluding carboxylic acids is 2. The Labute approximate surface area is 164 Å². The summed E-state index contributed by atoms with van der Waals surface area (Å²) in [7, 11) is 0. The molecule has 2 heterocycles. The van der Waals surface area contributed by atoms with Crippen molar-refractivity contribution in [2.45, 2.75) is 37.8 Å². The Hall–Kier alpha value is -3.00. The zero-order valence-corrected chi connectivity index (χ0v) is 15.7. The van der Waals surface area contributed by atoms with Gasteiger partial charge in [0.2, 0.25) is 0 Å². The summed E-state index contributed by atoms with van der Waals surface area (Å²) in [5, 5.41) is 9.19. The second-order valence-corrected chi connectivity index (χ2v) is 6.80. The number of nitrogens with zero attached hydrogens (tertiary/aromatic N) is 2. The lowest BCUT2D eigenvalue weighted by Crippen LogP contribution is -2.53. The van der Waals surface area contributed by atoms with E-state index < -0.39 is 0 Å². The minimum Gasteiger partial charge on any atom is -0.384 e. The molecule has 2 aromatic heterocycles. The van der Waals surface area contributed by atoms with Crippen molar-refractivity contribution in [3.05, 3.63) is 54.1 Å². The fraction of sp³-hybridized carbons (Fsp3) is 0.400. The molecule has 0 bridgehead atoms. The highest BCUT2D eigenvalue weighted by Gasteiger charge is 2.29. The summed E-state index contributed by atoms with van der Waals surface area (Å²) in [6.45, 7) is 1.12. The molecule has 0 saturated heterocycles. The molecule has 2 atom stereocenters. The lowest BCUT2D eigenvalue weighted by atomic mass is 9.90. The largest absolute Gasteiger partial charge is 0.384 e. The Morgan fingerprint density at radius 3 is 2.29 bits per heavy atom. The molecule has 0 radical (unpaired) electrons. The number of pyridine rings is 2. The standard InChI is InChI=1S/C20H26N6O2/c21-9-12-22-14-8-11-24-18(13-14)20(28)26-16-6-2-1-5-15(16)25-19(27)17-7-3-4-10-23-17/h3-4,7-8,10-11,13,15-16H,1-2,5-6,9,12,21H2,(H,22,24)(H,25,27)(H,26,28)/t15-,16-/m0/s1. The number of hydrogen-bond acceptors (Lipinski definition) is 6. The van der Waals surface area contributed by atoms with Gasteiger partial charge in [-0.3, -0.25) is 19.6 Å². The molecule has 1 saturated carbocycles.